The summed E-state index contributed by atoms with van der Waals surface area (Å²) in [6.07, 6.45) is 0. The zero-order chi connectivity index (χ0) is 34.9. The Morgan fingerprint density at radius 2 is 0.885 bits per heavy atom. The van der Waals surface area contributed by atoms with E-state index in [-0.39, 0.29) is 0 Å². The molecule has 1 heterocycles. The van der Waals surface area contributed by atoms with Gasteiger partial charge in [0, 0.05) is 16.7 Å². The first kappa shape index (κ1) is 31.1. The molecule has 0 aliphatic carbocycles. The number of para-hydroxylation sites is 1. The number of ether oxygens (including phenoxy) is 1. The fraction of sp³-hybridized carbons (Fsp3) is 0.0208. The highest BCUT2D eigenvalue weighted by atomic mass is 16.5. The topological polar surface area (TPSA) is 47.9 Å². The predicted molar refractivity (Wildman–Crippen MR) is 213 cm³/mol. The molecule has 0 aliphatic heterocycles. The van der Waals surface area contributed by atoms with Gasteiger partial charge in [0.1, 0.15) is 11.5 Å². The van der Waals surface area contributed by atoms with Gasteiger partial charge in [-0.15, -0.1) is 0 Å². The van der Waals surface area contributed by atoms with Gasteiger partial charge in [-0.1, -0.05) is 164 Å². The second-order valence-corrected chi connectivity index (χ2v) is 12.8. The first-order valence-corrected chi connectivity index (χ1v) is 17.4. The average Bonchev–Trinajstić information content (AvgIpc) is 3.22. The fourth-order valence-electron chi connectivity index (χ4n) is 6.94. The van der Waals surface area contributed by atoms with Crippen molar-refractivity contribution < 1.29 is 4.74 Å². The monoisotopic (exact) mass is 667 g/mol. The van der Waals surface area contributed by atoms with E-state index in [1.165, 1.54) is 0 Å². The summed E-state index contributed by atoms with van der Waals surface area (Å²) in [5, 5.41) is 4.52. The lowest BCUT2D eigenvalue weighted by Crippen LogP contribution is -2.02. The van der Waals surface area contributed by atoms with Crippen molar-refractivity contribution in [3.05, 3.63) is 188 Å². The van der Waals surface area contributed by atoms with Gasteiger partial charge in [-0.25, -0.2) is 15.0 Å². The van der Waals surface area contributed by atoms with Gasteiger partial charge in [-0.05, 0) is 74.5 Å². The van der Waals surface area contributed by atoms with Crippen molar-refractivity contribution in [2.45, 2.75) is 6.92 Å². The summed E-state index contributed by atoms with van der Waals surface area (Å²) in [5.74, 6) is 3.58. The maximum absolute atomic E-state index is 6.21. The van der Waals surface area contributed by atoms with E-state index in [0.717, 1.165) is 77.6 Å². The minimum Gasteiger partial charge on any atom is -0.457 e. The van der Waals surface area contributed by atoms with E-state index in [9.17, 15) is 0 Å². The van der Waals surface area contributed by atoms with E-state index in [1.54, 1.807) is 0 Å². The van der Waals surface area contributed by atoms with Crippen LogP contribution in [0.3, 0.4) is 0 Å². The second-order valence-electron chi connectivity index (χ2n) is 12.8. The summed E-state index contributed by atoms with van der Waals surface area (Å²) < 4.78 is 6.21. The molecular formula is C48H33N3O. The largest absolute Gasteiger partial charge is 0.457 e. The van der Waals surface area contributed by atoms with Crippen molar-refractivity contribution in [3.8, 4) is 67.9 Å². The molecule has 0 radical (unpaired) electrons. The average molecular weight is 668 g/mol. The lowest BCUT2D eigenvalue weighted by molar-refractivity contribution is 0.479. The normalized spacial score (nSPS) is 11.2. The number of aryl methyl sites for hydroxylation is 1. The number of fused-ring (bicyclic) bond motifs is 2. The molecule has 0 bridgehead atoms. The summed E-state index contributed by atoms with van der Waals surface area (Å²) in [4.78, 5) is 15.4. The molecule has 0 unspecified atom stereocenters. The van der Waals surface area contributed by atoms with Gasteiger partial charge >= 0.3 is 0 Å². The van der Waals surface area contributed by atoms with E-state index < -0.39 is 0 Å². The molecule has 9 aromatic rings. The Labute approximate surface area is 302 Å². The molecule has 0 saturated carbocycles. The molecule has 4 heteroatoms. The molecule has 9 rings (SSSR count). The minimum atomic E-state index is 0.636. The number of rotatable bonds is 7. The van der Waals surface area contributed by atoms with Crippen LogP contribution in [0.1, 0.15) is 5.56 Å². The summed E-state index contributed by atoms with van der Waals surface area (Å²) in [7, 11) is 0. The Hall–Kier alpha value is -6.91. The third kappa shape index (κ3) is 5.86. The molecule has 8 aromatic carbocycles. The maximum Gasteiger partial charge on any atom is 0.165 e. The van der Waals surface area contributed by atoms with Crippen molar-refractivity contribution in [1.82, 2.24) is 15.0 Å². The van der Waals surface area contributed by atoms with Gasteiger partial charge in [0.15, 0.2) is 17.5 Å². The highest BCUT2D eigenvalue weighted by molar-refractivity contribution is 6.10. The fourth-order valence-corrected chi connectivity index (χ4v) is 6.94. The highest BCUT2D eigenvalue weighted by Gasteiger charge is 2.20. The molecule has 0 saturated heterocycles. The van der Waals surface area contributed by atoms with Crippen molar-refractivity contribution >= 4 is 21.5 Å². The third-order valence-electron chi connectivity index (χ3n) is 9.55. The van der Waals surface area contributed by atoms with Crippen LogP contribution in [0.25, 0.3) is 78.0 Å². The van der Waals surface area contributed by atoms with Crippen LogP contribution >= 0.6 is 0 Å². The summed E-state index contributed by atoms with van der Waals surface area (Å²) in [6, 6.07) is 62.7. The zero-order valence-electron chi connectivity index (χ0n) is 28.6. The van der Waals surface area contributed by atoms with Crippen molar-refractivity contribution in [2.75, 3.05) is 0 Å². The van der Waals surface area contributed by atoms with Crippen LogP contribution in [0, 0.1) is 6.92 Å². The quantitative estimate of drug-likeness (QED) is 0.170. The Morgan fingerprint density at radius 1 is 0.365 bits per heavy atom. The van der Waals surface area contributed by atoms with Crippen LogP contribution in [0.2, 0.25) is 0 Å². The Morgan fingerprint density at radius 3 is 1.56 bits per heavy atom. The lowest BCUT2D eigenvalue weighted by Gasteiger charge is -2.17. The molecule has 246 valence electrons. The van der Waals surface area contributed by atoms with Crippen LogP contribution in [-0.4, -0.2) is 15.0 Å². The summed E-state index contributed by atoms with van der Waals surface area (Å²) in [5.41, 5.74) is 8.41. The van der Waals surface area contributed by atoms with Crippen LogP contribution < -0.4 is 4.74 Å². The van der Waals surface area contributed by atoms with Gasteiger partial charge in [0.2, 0.25) is 0 Å². The van der Waals surface area contributed by atoms with Crippen LogP contribution in [-0.2, 0) is 0 Å². The molecular weight excluding hydrogens is 635 g/mol. The first-order chi connectivity index (χ1) is 25.7. The van der Waals surface area contributed by atoms with E-state index in [0.29, 0.717) is 17.5 Å². The minimum absolute atomic E-state index is 0.636. The predicted octanol–water partition coefficient (Wildman–Crippen LogP) is 12.6. The number of nitrogens with zero attached hydrogens (tertiary/aromatic N) is 3. The van der Waals surface area contributed by atoms with Gasteiger partial charge in [-0.3, -0.25) is 0 Å². The summed E-state index contributed by atoms with van der Waals surface area (Å²) in [6.45, 7) is 2.06. The number of benzene rings is 8. The van der Waals surface area contributed by atoms with E-state index in [4.69, 9.17) is 19.7 Å². The molecule has 0 aliphatic rings. The van der Waals surface area contributed by atoms with Crippen LogP contribution in [0.15, 0.2) is 182 Å². The second kappa shape index (κ2) is 13.4. The molecule has 1 aromatic heterocycles. The van der Waals surface area contributed by atoms with E-state index in [1.807, 2.05) is 91.0 Å². The molecule has 0 spiro atoms. The zero-order valence-corrected chi connectivity index (χ0v) is 28.6. The van der Waals surface area contributed by atoms with Gasteiger partial charge in [0.05, 0.1) is 0 Å². The van der Waals surface area contributed by atoms with E-state index >= 15 is 0 Å². The maximum atomic E-state index is 6.21. The van der Waals surface area contributed by atoms with E-state index in [2.05, 4.69) is 97.9 Å². The van der Waals surface area contributed by atoms with Crippen LogP contribution in [0.5, 0.6) is 11.5 Å². The first-order valence-electron chi connectivity index (χ1n) is 17.4. The van der Waals surface area contributed by atoms with Gasteiger partial charge < -0.3 is 4.74 Å². The van der Waals surface area contributed by atoms with Crippen molar-refractivity contribution in [1.29, 1.82) is 0 Å². The molecule has 4 nitrogen and oxygen atoms in total. The number of hydrogen-bond donors (Lipinski definition) is 0. The lowest BCUT2D eigenvalue weighted by atomic mass is 9.88. The Kier molecular flexibility index (Phi) is 8.03. The Bertz CT molecular complexity index is 2650. The highest BCUT2D eigenvalue weighted by Crippen LogP contribution is 2.43. The summed E-state index contributed by atoms with van der Waals surface area (Å²) >= 11 is 0. The van der Waals surface area contributed by atoms with Crippen molar-refractivity contribution in [2.24, 2.45) is 0 Å². The molecule has 0 fully saturated rings. The molecule has 0 atom stereocenters. The third-order valence-corrected chi connectivity index (χ3v) is 9.55. The number of hydrogen-bond acceptors (Lipinski definition) is 4. The Balaban J connectivity index is 1.22. The van der Waals surface area contributed by atoms with Crippen LogP contribution in [0.4, 0.5) is 0 Å². The SMILES string of the molecule is Cc1ccccc1Oc1ccc(-c2ccc(-c3ccc4ccccc4c3-c3nc(-c4ccccc4)nc(-c4ccccc4)n3)c3ccccc23)cc1. The molecule has 0 amide bonds. The smallest absolute Gasteiger partial charge is 0.165 e. The van der Waals surface area contributed by atoms with Crippen molar-refractivity contribution in [3.63, 3.8) is 0 Å². The molecule has 52 heavy (non-hydrogen) atoms. The molecule has 0 N–H and O–H groups in total. The number of aromatic nitrogens is 3. The van der Waals surface area contributed by atoms with Gasteiger partial charge in [-0.2, -0.15) is 0 Å². The van der Waals surface area contributed by atoms with Gasteiger partial charge in [0.25, 0.3) is 0 Å². The standard InChI is InChI=1S/C48H33N3O/c1-32-14-8-13-23-44(32)52-37-27-24-34(25-28-37)38-30-31-42(41-22-12-11-21-40(38)41)43-29-26-33-15-9-10-20-39(33)45(43)48-50-46(35-16-4-2-5-17-35)49-47(51-48)36-18-6-3-7-19-36/h2-31H,1H3.